The molecule has 0 aliphatic carbocycles. The van der Waals surface area contributed by atoms with E-state index in [2.05, 4.69) is 21.2 Å². The van der Waals surface area contributed by atoms with E-state index < -0.39 is 5.91 Å². The summed E-state index contributed by atoms with van der Waals surface area (Å²) in [5, 5.41) is 8.34. The molecule has 1 heterocycles. The lowest BCUT2D eigenvalue weighted by Crippen LogP contribution is -2.42. The number of aryl methyl sites for hydroxylation is 1. The van der Waals surface area contributed by atoms with E-state index in [4.69, 9.17) is 11.6 Å². The number of hydrogen-bond donors (Lipinski definition) is 2. The maximum absolute atomic E-state index is 12.1. The van der Waals surface area contributed by atoms with Crippen molar-refractivity contribution in [1.82, 2.24) is 25.8 Å². The quantitative estimate of drug-likeness (QED) is 0.690. The average Bonchev–Trinajstić information content (AvgIpc) is 3.12. The molecule has 0 spiro atoms. The SMILES string of the molecule is Cc1ccc(-n2cc(C(=O)NNC(=O)Cc3ccc(Cl)cc3)nn2)cc1. The second-order valence-corrected chi connectivity index (χ2v) is 6.13. The van der Waals surface area contributed by atoms with Crippen molar-refractivity contribution >= 4 is 23.4 Å². The van der Waals surface area contributed by atoms with Gasteiger partial charge in [-0.1, -0.05) is 46.6 Å². The summed E-state index contributed by atoms with van der Waals surface area (Å²) in [5.74, 6) is -0.903. The molecule has 0 radical (unpaired) electrons. The third kappa shape index (κ3) is 4.46. The van der Waals surface area contributed by atoms with Crippen LogP contribution in [0.4, 0.5) is 0 Å². The minimum absolute atomic E-state index is 0.0948. The molecule has 3 rings (SSSR count). The number of nitrogens with one attached hydrogen (secondary N) is 2. The molecule has 0 atom stereocenters. The monoisotopic (exact) mass is 369 g/mol. The van der Waals surface area contributed by atoms with Crippen LogP contribution in [0, 0.1) is 6.92 Å². The van der Waals surface area contributed by atoms with Crippen LogP contribution in [-0.2, 0) is 11.2 Å². The normalized spacial score (nSPS) is 10.4. The van der Waals surface area contributed by atoms with E-state index in [-0.39, 0.29) is 18.0 Å². The minimum Gasteiger partial charge on any atom is -0.273 e. The fourth-order valence-corrected chi connectivity index (χ4v) is 2.34. The largest absolute Gasteiger partial charge is 0.291 e. The van der Waals surface area contributed by atoms with Gasteiger partial charge in [0.25, 0.3) is 5.91 Å². The van der Waals surface area contributed by atoms with Gasteiger partial charge in [0, 0.05) is 5.02 Å². The average molecular weight is 370 g/mol. The molecule has 8 heteroatoms. The van der Waals surface area contributed by atoms with Crippen LogP contribution in [0.15, 0.2) is 54.7 Å². The van der Waals surface area contributed by atoms with Crippen molar-refractivity contribution in [3.8, 4) is 5.69 Å². The lowest BCUT2D eigenvalue weighted by molar-refractivity contribution is -0.121. The second-order valence-electron chi connectivity index (χ2n) is 5.69. The fraction of sp³-hybridized carbons (Fsp3) is 0.111. The van der Waals surface area contributed by atoms with Gasteiger partial charge in [0.1, 0.15) is 0 Å². The van der Waals surface area contributed by atoms with Crippen LogP contribution in [0.5, 0.6) is 0 Å². The van der Waals surface area contributed by atoms with Gasteiger partial charge in [0.15, 0.2) is 5.69 Å². The first-order valence-electron chi connectivity index (χ1n) is 7.84. The number of nitrogens with zero attached hydrogens (tertiary/aromatic N) is 3. The maximum Gasteiger partial charge on any atom is 0.291 e. The van der Waals surface area contributed by atoms with Gasteiger partial charge in [0.2, 0.25) is 5.91 Å². The first kappa shape index (κ1) is 17.6. The number of hydrazine groups is 1. The zero-order valence-electron chi connectivity index (χ0n) is 13.9. The number of aromatic nitrogens is 3. The highest BCUT2D eigenvalue weighted by Gasteiger charge is 2.12. The Balaban J connectivity index is 1.55. The summed E-state index contributed by atoms with van der Waals surface area (Å²) in [6, 6.07) is 14.5. The van der Waals surface area contributed by atoms with Crippen molar-refractivity contribution in [2.24, 2.45) is 0 Å². The molecule has 0 aliphatic heterocycles. The van der Waals surface area contributed by atoms with Gasteiger partial charge in [-0.05, 0) is 36.8 Å². The van der Waals surface area contributed by atoms with Crippen molar-refractivity contribution in [3.05, 3.63) is 76.6 Å². The molecule has 0 bridgehead atoms. The van der Waals surface area contributed by atoms with E-state index in [0.29, 0.717) is 5.02 Å². The van der Waals surface area contributed by atoms with Crippen LogP contribution in [0.3, 0.4) is 0 Å². The Morgan fingerprint density at radius 2 is 1.73 bits per heavy atom. The van der Waals surface area contributed by atoms with Crippen LogP contribution in [-0.4, -0.2) is 26.8 Å². The van der Waals surface area contributed by atoms with Crippen LogP contribution in [0.1, 0.15) is 21.6 Å². The minimum atomic E-state index is -0.548. The number of rotatable bonds is 4. The highest BCUT2D eigenvalue weighted by atomic mass is 35.5. The van der Waals surface area contributed by atoms with E-state index in [1.807, 2.05) is 31.2 Å². The first-order chi connectivity index (χ1) is 12.5. The number of carbonyl (C=O) groups excluding carboxylic acids is 2. The summed E-state index contributed by atoms with van der Waals surface area (Å²) in [7, 11) is 0. The highest BCUT2D eigenvalue weighted by molar-refractivity contribution is 6.30. The smallest absolute Gasteiger partial charge is 0.273 e. The third-order valence-corrected chi connectivity index (χ3v) is 3.87. The maximum atomic E-state index is 12.1. The molecule has 0 saturated carbocycles. The molecule has 7 nitrogen and oxygen atoms in total. The molecule has 0 unspecified atom stereocenters. The molecule has 26 heavy (non-hydrogen) atoms. The number of hydrogen-bond acceptors (Lipinski definition) is 4. The Morgan fingerprint density at radius 3 is 2.42 bits per heavy atom. The Bertz CT molecular complexity index is 920. The predicted octanol–water partition coefficient (Wildman–Crippen LogP) is 2.23. The first-order valence-corrected chi connectivity index (χ1v) is 8.22. The van der Waals surface area contributed by atoms with Crippen LogP contribution >= 0.6 is 11.6 Å². The van der Waals surface area contributed by atoms with E-state index >= 15 is 0 Å². The Morgan fingerprint density at radius 1 is 1.04 bits per heavy atom. The van der Waals surface area contributed by atoms with E-state index in [1.54, 1.807) is 24.3 Å². The number of carbonyl (C=O) groups is 2. The summed E-state index contributed by atoms with van der Waals surface area (Å²) in [5.41, 5.74) is 7.46. The van der Waals surface area contributed by atoms with Crippen LogP contribution in [0.2, 0.25) is 5.02 Å². The lowest BCUT2D eigenvalue weighted by Gasteiger charge is -2.06. The Kier molecular flexibility index (Phi) is 5.28. The molecule has 1 aromatic heterocycles. The molecule has 0 aliphatic rings. The molecular weight excluding hydrogens is 354 g/mol. The summed E-state index contributed by atoms with van der Waals surface area (Å²) in [4.78, 5) is 24.0. The highest BCUT2D eigenvalue weighted by Crippen LogP contribution is 2.10. The molecule has 0 fully saturated rings. The van der Waals surface area contributed by atoms with Gasteiger partial charge in [-0.25, -0.2) is 4.68 Å². The van der Waals surface area contributed by atoms with Crippen molar-refractivity contribution in [2.75, 3.05) is 0 Å². The van der Waals surface area contributed by atoms with E-state index in [9.17, 15) is 9.59 Å². The molecule has 132 valence electrons. The summed E-state index contributed by atoms with van der Waals surface area (Å²) >= 11 is 5.80. The number of halogens is 1. The van der Waals surface area contributed by atoms with E-state index in [0.717, 1.165) is 16.8 Å². The second kappa shape index (κ2) is 7.79. The molecule has 2 amide bonds. The fourth-order valence-electron chi connectivity index (χ4n) is 2.21. The summed E-state index contributed by atoms with van der Waals surface area (Å²) in [6.45, 7) is 1.98. The topological polar surface area (TPSA) is 88.9 Å². The van der Waals surface area contributed by atoms with Crippen molar-refractivity contribution in [2.45, 2.75) is 13.3 Å². The van der Waals surface area contributed by atoms with Crippen molar-refractivity contribution < 1.29 is 9.59 Å². The van der Waals surface area contributed by atoms with Gasteiger partial charge in [0.05, 0.1) is 18.3 Å². The molecular formula is C18H16ClN5O2. The van der Waals surface area contributed by atoms with E-state index in [1.165, 1.54) is 10.9 Å². The van der Waals surface area contributed by atoms with Gasteiger partial charge in [-0.2, -0.15) is 0 Å². The number of amides is 2. The lowest BCUT2D eigenvalue weighted by atomic mass is 10.1. The van der Waals surface area contributed by atoms with Gasteiger partial charge in [-0.3, -0.25) is 20.4 Å². The van der Waals surface area contributed by atoms with Crippen molar-refractivity contribution in [1.29, 1.82) is 0 Å². The van der Waals surface area contributed by atoms with Gasteiger partial charge >= 0.3 is 0 Å². The number of benzene rings is 2. The molecule has 2 aromatic carbocycles. The molecule has 0 saturated heterocycles. The molecule has 3 aromatic rings. The van der Waals surface area contributed by atoms with Crippen LogP contribution in [0.25, 0.3) is 5.69 Å². The predicted molar refractivity (Wildman–Crippen MR) is 96.9 cm³/mol. The van der Waals surface area contributed by atoms with Crippen molar-refractivity contribution in [3.63, 3.8) is 0 Å². The molecule has 2 N–H and O–H groups in total. The zero-order valence-corrected chi connectivity index (χ0v) is 14.7. The summed E-state index contributed by atoms with van der Waals surface area (Å²) in [6.07, 6.45) is 1.61. The Hall–Kier alpha value is -3.19. The van der Waals surface area contributed by atoms with Crippen LogP contribution < -0.4 is 10.9 Å². The summed E-state index contributed by atoms with van der Waals surface area (Å²) < 4.78 is 1.49. The Labute approximate surface area is 154 Å². The third-order valence-electron chi connectivity index (χ3n) is 3.62. The standard InChI is InChI=1S/C18H16ClN5O2/c1-12-2-8-15(9-3-12)24-11-16(20-23-24)18(26)22-21-17(25)10-13-4-6-14(19)7-5-13/h2-9,11H,10H2,1H3,(H,21,25)(H,22,26). The van der Waals surface area contributed by atoms with Gasteiger partial charge < -0.3 is 0 Å². The van der Waals surface area contributed by atoms with Gasteiger partial charge in [-0.15, -0.1) is 5.10 Å². The zero-order chi connectivity index (χ0) is 18.5.